The quantitative estimate of drug-likeness (QED) is 0.718. The highest BCUT2D eigenvalue weighted by molar-refractivity contribution is 6.31. The summed E-state index contributed by atoms with van der Waals surface area (Å²) >= 11 is 6.07. The van der Waals surface area contributed by atoms with E-state index in [9.17, 15) is 0 Å². The van der Waals surface area contributed by atoms with E-state index < -0.39 is 0 Å². The Morgan fingerprint density at radius 3 is 2.63 bits per heavy atom. The summed E-state index contributed by atoms with van der Waals surface area (Å²) in [5, 5.41) is 16.0. The minimum Gasteiger partial charge on any atom is -0.395 e. The van der Waals surface area contributed by atoms with Gasteiger partial charge in [0.25, 0.3) is 0 Å². The molecule has 0 radical (unpaired) electrons. The van der Waals surface area contributed by atoms with E-state index in [1.807, 2.05) is 36.4 Å². The van der Waals surface area contributed by atoms with Gasteiger partial charge in [0.15, 0.2) is 0 Å². The maximum Gasteiger partial charge on any atom is 0.134 e. The van der Waals surface area contributed by atoms with Crippen LogP contribution >= 0.6 is 11.6 Å². The molecule has 0 aliphatic carbocycles. The van der Waals surface area contributed by atoms with Gasteiger partial charge in [-0.05, 0) is 23.6 Å². The number of rotatable bonds is 3. The van der Waals surface area contributed by atoms with Crippen LogP contribution in [0.1, 0.15) is 0 Å². The maximum atomic E-state index is 8.94. The highest BCUT2D eigenvalue weighted by atomic mass is 35.5. The van der Waals surface area contributed by atoms with Crippen LogP contribution in [-0.2, 0) is 0 Å². The third kappa shape index (κ3) is 2.23. The third-order valence-electron chi connectivity index (χ3n) is 3.07. The number of hydrogen-bond acceptors (Lipinski definition) is 3. The van der Waals surface area contributed by atoms with Gasteiger partial charge in [0, 0.05) is 22.3 Å². The van der Waals surface area contributed by atoms with Crippen LogP contribution in [0, 0.1) is 0 Å². The highest BCUT2D eigenvalue weighted by Gasteiger charge is 2.07. The van der Waals surface area contributed by atoms with Gasteiger partial charge in [-0.1, -0.05) is 35.9 Å². The van der Waals surface area contributed by atoms with E-state index >= 15 is 0 Å². The monoisotopic (exact) mass is 272 g/mol. The molecular weight excluding hydrogens is 260 g/mol. The van der Waals surface area contributed by atoms with Crippen LogP contribution in [0.4, 0.5) is 5.82 Å². The van der Waals surface area contributed by atoms with Crippen LogP contribution in [-0.4, -0.2) is 23.2 Å². The molecule has 0 saturated heterocycles. The maximum absolute atomic E-state index is 8.94. The van der Waals surface area contributed by atoms with Crippen molar-refractivity contribution in [3.63, 3.8) is 0 Å². The van der Waals surface area contributed by atoms with Crippen LogP contribution in [0.3, 0.4) is 0 Å². The summed E-state index contributed by atoms with van der Waals surface area (Å²) in [4.78, 5) is 4.60. The number of aliphatic hydroxyl groups excluding tert-OH is 1. The van der Waals surface area contributed by atoms with E-state index in [0.29, 0.717) is 11.6 Å². The molecule has 0 aliphatic heterocycles. The van der Waals surface area contributed by atoms with Gasteiger partial charge in [0.1, 0.15) is 5.82 Å². The molecule has 2 N–H and O–H groups in total. The molecule has 2 aromatic carbocycles. The Hall–Kier alpha value is -1.84. The van der Waals surface area contributed by atoms with Crippen molar-refractivity contribution in [3.05, 3.63) is 47.5 Å². The summed E-state index contributed by atoms with van der Waals surface area (Å²) in [6.07, 6.45) is 0. The Morgan fingerprint density at radius 1 is 1.05 bits per heavy atom. The second-order valence-corrected chi connectivity index (χ2v) is 4.75. The number of aromatic nitrogens is 1. The number of benzene rings is 2. The first kappa shape index (κ1) is 12.2. The standard InChI is InChI=1S/C15H13ClN2O/c16-10-5-6-14-13(9-10)11-3-1-2-4-12(11)15(18-14)17-7-8-19/h1-6,9,19H,7-8H2,(H,17,18). The molecule has 3 aromatic rings. The zero-order valence-corrected chi connectivity index (χ0v) is 11.0. The summed E-state index contributed by atoms with van der Waals surface area (Å²) < 4.78 is 0. The van der Waals surface area contributed by atoms with Gasteiger partial charge in [-0.25, -0.2) is 4.98 Å². The van der Waals surface area contributed by atoms with Gasteiger partial charge in [0.2, 0.25) is 0 Å². The van der Waals surface area contributed by atoms with Gasteiger partial charge in [-0.2, -0.15) is 0 Å². The summed E-state index contributed by atoms with van der Waals surface area (Å²) in [5.41, 5.74) is 0.892. The molecule has 0 atom stereocenters. The molecule has 0 unspecified atom stereocenters. The number of pyridine rings is 1. The van der Waals surface area contributed by atoms with Crippen molar-refractivity contribution in [1.82, 2.24) is 4.98 Å². The number of hydrogen-bond donors (Lipinski definition) is 2. The molecule has 0 amide bonds. The van der Waals surface area contributed by atoms with E-state index in [2.05, 4.69) is 16.4 Å². The number of fused-ring (bicyclic) bond motifs is 3. The van der Waals surface area contributed by atoms with Crippen molar-refractivity contribution in [2.45, 2.75) is 0 Å². The molecule has 1 aromatic heterocycles. The van der Waals surface area contributed by atoms with E-state index in [-0.39, 0.29) is 6.61 Å². The topological polar surface area (TPSA) is 45.1 Å². The molecule has 0 spiro atoms. The second kappa shape index (κ2) is 5.03. The van der Waals surface area contributed by atoms with E-state index in [0.717, 1.165) is 27.5 Å². The Balaban J connectivity index is 2.33. The molecule has 0 saturated carbocycles. The largest absolute Gasteiger partial charge is 0.395 e. The van der Waals surface area contributed by atoms with Crippen molar-refractivity contribution in [1.29, 1.82) is 0 Å². The Kier molecular flexibility index (Phi) is 3.23. The van der Waals surface area contributed by atoms with E-state index in [1.165, 1.54) is 0 Å². The molecule has 19 heavy (non-hydrogen) atoms. The summed E-state index contributed by atoms with van der Waals surface area (Å²) in [6.45, 7) is 0.560. The number of anilines is 1. The molecule has 96 valence electrons. The van der Waals surface area contributed by atoms with Gasteiger partial charge in [-0.3, -0.25) is 0 Å². The Labute approximate surface area is 115 Å². The molecule has 3 nitrogen and oxygen atoms in total. The zero-order valence-electron chi connectivity index (χ0n) is 10.2. The smallest absolute Gasteiger partial charge is 0.134 e. The lowest BCUT2D eigenvalue weighted by Gasteiger charge is -2.11. The van der Waals surface area contributed by atoms with Gasteiger partial charge in [-0.15, -0.1) is 0 Å². The fourth-order valence-corrected chi connectivity index (χ4v) is 2.41. The van der Waals surface area contributed by atoms with Crippen LogP contribution in [0.25, 0.3) is 21.7 Å². The normalized spacial score (nSPS) is 11.1. The van der Waals surface area contributed by atoms with Crippen LogP contribution < -0.4 is 5.32 Å². The molecule has 0 aliphatic rings. The average Bonchev–Trinajstić information content (AvgIpc) is 2.45. The predicted octanol–water partition coefficient (Wildman–Crippen LogP) is 3.45. The highest BCUT2D eigenvalue weighted by Crippen LogP contribution is 2.30. The van der Waals surface area contributed by atoms with Crippen LogP contribution in [0.2, 0.25) is 5.02 Å². The molecule has 4 heteroatoms. The second-order valence-electron chi connectivity index (χ2n) is 4.32. The fourth-order valence-electron chi connectivity index (χ4n) is 2.24. The minimum atomic E-state index is 0.0780. The molecular formula is C15H13ClN2O. The van der Waals surface area contributed by atoms with Crippen LogP contribution in [0.5, 0.6) is 0 Å². The van der Waals surface area contributed by atoms with Crippen LogP contribution in [0.15, 0.2) is 42.5 Å². The van der Waals surface area contributed by atoms with Crippen molar-refractivity contribution < 1.29 is 5.11 Å². The first-order valence-corrected chi connectivity index (χ1v) is 6.50. The van der Waals surface area contributed by atoms with Gasteiger partial charge in [0.05, 0.1) is 12.1 Å². The van der Waals surface area contributed by atoms with Crippen molar-refractivity contribution in [2.75, 3.05) is 18.5 Å². The zero-order chi connectivity index (χ0) is 13.2. The molecule has 3 rings (SSSR count). The molecule has 1 heterocycles. The lowest BCUT2D eigenvalue weighted by atomic mass is 10.1. The summed E-state index contributed by atoms with van der Waals surface area (Å²) in [5.74, 6) is 0.791. The molecule has 0 bridgehead atoms. The molecule has 0 fully saturated rings. The van der Waals surface area contributed by atoms with Crippen molar-refractivity contribution in [2.24, 2.45) is 0 Å². The minimum absolute atomic E-state index is 0.0780. The third-order valence-corrected chi connectivity index (χ3v) is 3.30. The van der Waals surface area contributed by atoms with E-state index in [1.54, 1.807) is 0 Å². The first-order valence-electron chi connectivity index (χ1n) is 6.12. The van der Waals surface area contributed by atoms with Gasteiger partial charge < -0.3 is 10.4 Å². The Morgan fingerprint density at radius 2 is 1.84 bits per heavy atom. The lowest BCUT2D eigenvalue weighted by molar-refractivity contribution is 0.311. The number of halogens is 1. The van der Waals surface area contributed by atoms with Crippen molar-refractivity contribution in [3.8, 4) is 0 Å². The number of nitrogens with zero attached hydrogens (tertiary/aromatic N) is 1. The average molecular weight is 273 g/mol. The number of aliphatic hydroxyl groups is 1. The van der Waals surface area contributed by atoms with E-state index in [4.69, 9.17) is 16.7 Å². The number of nitrogens with one attached hydrogen (secondary N) is 1. The Bertz CT molecular complexity index is 743. The predicted molar refractivity (Wildman–Crippen MR) is 79.8 cm³/mol. The summed E-state index contributed by atoms with van der Waals surface area (Å²) in [7, 11) is 0. The first-order chi connectivity index (χ1) is 9.29. The van der Waals surface area contributed by atoms with Gasteiger partial charge >= 0.3 is 0 Å². The SMILES string of the molecule is OCCNc1nc2ccc(Cl)cc2c2ccccc12. The summed E-state index contributed by atoms with van der Waals surface area (Å²) in [6, 6.07) is 13.7. The van der Waals surface area contributed by atoms with Crippen molar-refractivity contribution >= 4 is 39.1 Å². The lowest BCUT2D eigenvalue weighted by Crippen LogP contribution is -2.07. The fraction of sp³-hybridized carbons (Fsp3) is 0.133.